The van der Waals surface area contributed by atoms with Gasteiger partial charge in [0, 0.05) is 6.20 Å². The summed E-state index contributed by atoms with van der Waals surface area (Å²) in [4.78, 5) is 15.1. The Kier molecular flexibility index (Phi) is 2.91. The maximum atomic E-state index is 11.1. The SMILES string of the molecule is NC(=O)c1cccc(Nc2cccnc2)c1N. The predicted octanol–water partition coefficient (Wildman–Crippen LogP) is 1.51. The number of hydrogen-bond acceptors (Lipinski definition) is 4. The van der Waals surface area contributed by atoms with Crippen molar-refractivity contribution in [1.29, 1.82) is 0 Å². The fourth-order valence-electron chi connectivity index (χ4n) is 1.48. The van der Waals surface area contributed by atoms with Crippen LogP contribution in [0.15, 0.2) is 42.7 Å². The number of para-hydroxylation sites is 1. The first-order chi connectivity index (χ1) is 8.18. The topological polar surface area (TPSA) is 94.0 Å². The zero-order valence-corrected chi connectivity index (χ0v) is 9.05. The molecule has 0 aliphatic carbocycles. The summed E-state index contributed by atoms with van der Waals surface area (Å²) in [6, 6.07) is 8.73. The second-order valence-corrected chi connectivity index (χ2v) is 3.50. The third kappa shape index (κ3) is 2.34. The second kappa shape index (κ2) is 4.52. The van der Waals surface area contributed by atoms with Gasteiger partial charge in [-0.25, -0.2) is 0 Å². The number of benzene rings is 1. The fourth-order valence-corrected chi connectivity index (χ4v) is 1.48. The minimum Gasteiger partial charge on any atom is -0.396 e. The lowest BCUT2D eigenvalue weighted by Gasteiger charge is -2.10. The summed E-state index contributed by atoms with van der Waals surface area (Å²) in [6.07, 6.45) is 3.34. The molecule has 0 unspecified atom stereocenters. The Balaban J connectivity index is 2.34. The molecule has 1 aromatic heterocycles. The first-order valence-corrected chi connectivity index (χ1v) is 5.04. The van der Waals surface area contributed by atoms with Crippen LogP contribution in [0.1, 0.15) is 10.4 Å². The molecule has 0 atom stereocenters. The molecule has 1 amide bonds. The zero-order chi connectivity index (χ0) is 12.3. The number of nitrogens with two attached hydrogens (primary N) is 2. The van der Waals surface area contributed by atoms with Crippen LogP contribution in [0, 0.1) is 0 Å². The molecule has 5 nitrogen and oxygen atoms in total. The average molecular weight is 228 g/mol. The first-order valence-electron chi connectivity index (χ1n) is 5.04. The number of primary amides is 1. The summed E-state index contributed by atoms with van der Waals surface area (Å²) in [7, 11) is 0. The minimum atomic E-state index is -0.544. The Labute approximate surface area is 98.5 Å². The summed E-state index contributed by atoms with van der Waals surface area (Å²) >= 11 is 0. The molecule has 0 fully saturated rings. The molecular weight excluding hydrogens is 216 g/mol. The number of anilines is 3. The summed E-state index contributed by atoms with van der Waals surface area (Å²) < 4.78 is 0. The molecule has 5 N–H and O–H groups in total. The largest absolute Gasteiger partial charge is 0.396 e. The van der Waals surface area contributed by atoms with Crippen LogP contribution in [-0.2, 0) is 0 Å². The standard InChI is InChI=1S/C12H12N4O/c13-11-9(12(14)17)4-1-5-10(11)16-8-3-2-6-15-7-8/h1-7,16H,13H2,(H2,14,17). The number of aromatic nitrogens is 1. The molecule has 0 saturated heterocycles. The molecule has 86 valence electrons. The number of nitrogen functional groups attached to an aromatic ring is 1. The van der Waals surface area contributed by atoms with E-state index >= 15 is 0 Å². The Bertz CT molecular complexity index is 539. The Hall–Kier alpha value is -2.56. The molecule has 0 saturated carbocycles. The van der Waals surface area contributed by atoms with E-state index in [1.807, 2.05) is 6.07 Å². The van der Waals surface area contributed by atoms with E-state index in [2.05, 4.69) is 10.3 Å². The second-order valence-electron chi connectivity index (χ2n) is 3.50. The Morgan fingerprint density at radius 2 is 2.06 bits per heavy atom. The normalized spacial score (nSPS) is 9.88. The van der Waals surface area contributed by atoms with Gasteiger partial charge in [-0.2, -0.15) is 0 Å². The van der Waals surface area contributed by atoms with E-state index < -0.39 is 5.91 Å². The van der Waals surface area contributed by atoms with Crippen LogP contribution >= 0.6 is 0 Å². The van der Waals surface area contributed by atoms with Gasteiger partial charge in [-0.15, -0.1) is 0 Å². The van der Waals surface area contributed by atoms with Crippen molar-refractivity contribution in [3.05, 3.63) is 48.3 Å². The van der Waals surface area contributed by atoms with Gasteiger partial charge in [0.2, 0.25) is 0 Å². The van der Waals surface area contributed by atoms with E-state index in [-0.39, 0.29) is 0 Å². The summed E-state index contributed by atoms with van der Waals surface area (Å²) in [5.41, 5.74) is 13.1. The highest BCUT2D eigenvalue weighted by atomic mass is 16.1. The van der Waals surface area contributed by atoms with Gasteiger partial charge >= 0.3 is 0 Å². The van der Waals surface area contributed by atoms with Gasteiger partial charge in [0.05, 0.1) is 28.8 Å². The number of nitrogens with zero attached hydrogens (tertiary/aromatic N) is 1. The highest BCUT2D eigenvalue weighted by Crippen LogP contribution is 2.25. The third-order valence-corrected chi connectivity index (χ3v) is 2.31. The molecular formula is C12H12N4O. The van der Waals surface area contributed by atoms with E-state index in [1.54, 1.807) is 36.7 Å². The van der Waals surface area contributed by atoms with Crippen molar-refractivity contribution in [3.8, 4) is 0 Å². The quantitative estimate of drug-likeness (QED) is 0.694. The molecule has 0 bridgehead atoms. The lowest BCUT2D eigenvalue weighted by molar-refractivity contribution is 0.100. The van der Waals surface area contributed by atoms with Crippen LogP contribution in [0.2, 0.25) is 0 Å². The van der Waals surface area contributed by atoms with Crippen LogP contribution in [0.3, 0.4) is 0 Å². The molecule has 17 heavy (non-hydrogen) atoms. The first kappa shape index (κ1) is 10.9. The van der Waals surface area contributed by atoms with Crippen molar-refractivity contribution in [2.24, 2.45) is 5.73 Å². The molecule has 1 heterocycles. The molecule has 2 rings (SSSR count). The Morgan fingerprint density at radius 3 is 2.71 bits per heavy atom. The molecule has 0 radical (unpaired) electrons. The summed E-state index contributed by atoms with van der Waals surface area (Å²) in [5.74, 6) is -0.544. The number of carbonyl (C=O) groups is 1. The van der Waals surface area contributed by atoms with Gasteiger partial charge in [-0.05, 0) is 24.3 Å². The van der Waals surface area contributed by atoms with Crippen molar-refractivity contribution >= 4 is 23.0 Å². The van der Waals surface area contributed by atoms with Crippen molar-refractivity contribution < 1.29 is 4.79 Å². The van der Waals surface area contributed by atoms with Gasteiger partial charge in [0.25, 0.3) is 5.91 Å². The van der Waals surface area contributed by atoms with Gasteiger partial charge in [0.15, 0.2) is 0 Å². The molecule has 1 aromatic carbocycles. The predicted molar refractivity (Wildman–Crippen MR) is 66.9 cm³/mol. The van der Waals surface area contributed by atoms with Gasteiger partial charge in [-0.1, -0.05) is 6.07 Å². The highest BCUT2D eigenvalue weighted by Gasteiger charge is 2.09. The summed E-state index contributed by atoms with van der Waals surface area (Å²) in [6.45, 7) is 0. The number of pyridine rings is 1. The van der Waals surface area contributed by atoms with E-state index in [0.717, 1.165) is 5.69 Å². The molecule has 0 aliphatic heterocycles. The van der Waals surface area contributed by atoms with E-state index in [4.69, 9.17) is 11.5 Å². The molecule has 0 spiro atoms. The minimum absolute atomic E-state index is 0.305. The number of nitrogens with one attached hydrogen (secondary N) is 1. The van der Waals surface area contributed by atoms with Gasteiger partial charge < -0.3 is 16.8 Å². The number of rotatable bonds is 3. The smallest absolute Gasteiger partial charge is 0.250 e. The Morgan fingerprint density at radius 1 is 1.24 bits per heavy atom. The van der Waals surface area contributed by atoms with E-state index in [1.165, 1.54) is 0 Å². The number of carbonyl (C=O) groups excluding carboxylic acids is 1. The highest BCUT2D eigenvalue weighted by molar-refractivity contribution is 6.01. The van der Waals surface area contributed by atoms with Crippen molar-refractivity contribution in [1.82, 2.24) is 4.98 Å². The lowest BCUT2D eigenvalue weighted by Crippen LogP contribution is -2.14. The fraction of sp³-hybridized carbons (Fsp3) is 0. The van der Waals surface area contributed by atoms with Crippen molar-refractivity contribution in [2.75, 3.05) is 11.1 Å². The van der Waals surface area contributed by atoms with E-state index in [0.29, 0.717) is 16.9 Å². The maximum Gasteiger partial charge on any atom is 0.250 e. The maximum absolute atomic E-state index is 11.1. The van der Waals surface area contributed by atoms with Gasteiger partial charge in [-0.3, -0.25) is 9.78 Å². The number of amides is 1. The molecule has 5 heteroatoms. The van der Waals surface area contributed by atoms with Gasteiger partial charge in [0.1, 0.15) is 0 Å². The zero-order valence-electron chi connectivity index (χ0n) is 9.05. The van der Waals surface area contributed by atoms with Crippen molar-refractivity contribution in [2.45, 2.75) is 0 Å². The average Bonchev–Trinajstić information content (AvgIpc) is 2.33. The monoisotopic (exact) mass is 228 g/mol. The van der Waals surface area contributed by atoms with Crippen LogP contribution in [0.5, 0.6) is 0 Å². The van der Waals surface area contributed by atoms with E-state index in [9.17, 15) is 4.79 Å². The van der Waals surface area contributed by atoms with Crippen LogP contribution in [0.25, 0.3) is 0 Å². The van der Waals surface area contributed by atoms with Crippen LogP contribution in [-0.4, -0.2) is 10.9 Å². The summed E-state index contributed by atoms with van der Waals surface area (Å²) in [5, 5.41) is 3.07. The van der Waals surface area contributed by atoms with Crippen molar-refractivity contribution in [3.63, 3.8) is 0 Å². The van der Waals surface area contributed by atoms with Crippen LogP contribution in [0.4, 0.5) is 17.1 Å². The molecule has 2 aromatic rings. The number of hydrogen-bond donors (Lipinski definition) is 3. The van der Waals surface area contributed by atoms with Crippen LogP contribution < -0.4 is 16.8 Å². The molecule has 0 aliphatic rings. The third-order valence-electron chi connectivity index (χ3n) is 2.31. The lowest BCUT2D eigenvalue weighted by atomic mass is 10.1.